The number of tetrazole rings is 1. The highest BCUT2D eigenvalue weighted by atomic mass is 32.2. The number of rotatable bonds is 18. The average molecular weight is 962 g/mol. The Morgan fingerprint density at radius 1 is 0.776 bits per heavy atom. The van der Waals surface area contributed by atoms with Crippen LogP contribution in [0.2, 0.25) is 0 Å². The molecular weight excluding hydrogens is 903 g/mol. The summed E-state index contributed by atoms with van der Waals surface area (Å²) in [6, 6.07) is 23.3. The first-order valence-corrected chi connectivity index (χ1v) is 24.8. The molecule has 4 aromatic carbocycles. The predicted octanol–water partition coefficient (Wildman–Crippen LogP) is 4.21. The molecule has 1 amide bonds. The van der Waals surface area contributed by atoms with Crippen molar-refractivity contribution in [2.24, 2.45) is 0 Å². The van der Waals surface area contributed by atoms with Crippen molar-refractivity contribution in [3.8, 4) is 28.6 Å². The smallest absolute Gasteiger partial charge is 0.410 e. The minimum absolute atomic E-state index is 0.00158. The lowest BCUT2D eigenvalue weighted by atomic mass is 10.1. The largest absolute Gasteiger partial charge is 0.497 e. The molecule has 0 unspecified atom stereocenters. The van der Waals surface area contributed by atoms with Gasteiger partial charge in [-0.3, -0.25) is 4.90 Å². The first kappa shape index (κ1) is 49.1. The minimum Gasteiger partial charge on any atom is -0.497 e. The second-order valence-corrected chi connectivity index (χ2v) is 20.9. The Bertz CT molecular complexity index is 2640. The number of aliphatic hydroxyl groups is 1. The Hall–Kier alpha value is -5.84. The van der Waals surface area contributed by atoms with Crippen molar-refractivity contribution in [1.29, 1.82) is 0 Å². The third-order valence-electron chi connectivity index (χ3n) is 11.5. The van der Waals surface area contributed by atoms with E-state index in [2.05, 4.69) is 19.9 Å². The van der Waals surface area contributed by atoms with Gasteiger partial charge in [0.1, 0.15) is 32.6 Å². The lowest BCUT2D eigenvalue weighted by molar-refractivity contribution is 0.0291. The van der Waals surface area contributed by atoms with Crippen LogP contribution in [-0.2, 0) is 44.4 Å². The molecule has 2 fully saturated rings. The SMILES string of the molecule is COc1ccc(CN(Cc2ccc(OC)cc2)S(=O)(=O)c2c(S(=O)(=O)N[C@@H]3CCN(C(=O)OC(C)(C)C)C3)ccc(N3CCN(CCO)CC3)c2-c2nnn(Cc3ccc(OC)cc3)n2)cc1. The van der Waals surface area contributed by atoms with Crippen molar-refractivity contribution in [1.82, 2.24) is 39.0 Å². The Morgan fingerprint density at radius 3 is 1.85 bits per heavy atom. The van der Waals surface area contributed by atoms with Gasteiger partial charge in [-0.15, -0.1) is 10.2 Å². The van der Waals surface area contributed by atoms with Gasteiger partial charge in [0.25, 0.3) is 0 Å². The Labute approximate surface area is 392 Å². The third kappa shape index (κ3) is 12.0. The monoisotopic (exact) mass is 961 g/mol. The van der Waals surface area contributed by atoms with E-state index >= 15 is 16.8 Å². The summed E-state index contributed by atoms with van der Waals surface area (Å²) in [7, 11) is -4.93. The van der Waals surface area contributed by atoms with Gasteiger partial charge in [-0.05, 0) is 97.6 Å². The van der Waals surface area contributed by atoms with Crippen LogP contribution in [0.4, 0.5) is 10.5 Å². The van der Waals surface area contributed by atoms with Crippen LogP contribution in [0, 0.1) is 0 Å². The van der Waals surface area contributed by atoms with E-state index in [4.69, 9.17) is 24.0 Å². The van der Waals surface area contributed by atoms with Crippen LogP contribution >= 0.6 is 0 Å². The molecule has 2 N–H and O–H groups in total. The average Bonchev–Trinajstić information content (AvgIpc) is 3.98. The van der Waals surface area contributed by atoms with E-state index in [0.29, 0.717) is 66.8 Å². The molecule has 3 heterocycles. The van der Waals surface area contributed by atoms with E-state index in [0.717, 1.165) is 5.56 Å². The number of hydrogen-bond acceptors (Lipinski definition) is 15. The first-order valence-electron chi connectivity index (χ1n) is 21.9. The molecule has 0 saturated carbocycles. The van der Waals surface area contributed by atoms with Crippen molar-refractivity contribution in [3.63, 3.8) is 0 Å². The van der Waals surface area contributed by atoms with Gasteiger partial charge in [0.2, 0.25) is 25.9 Å². The van der Waals surface area contributed by atoms with Gasteiger partial charge in [-0.25, -0.2) is 26.4 Å². The van der Waals surface area contributed by atoms with E-state index in [1.807, 2.05) is 17.0 Å². The normalized spacial score (nSPS) is 16.1. The van der Waals surface area contributed by atoms with Crippen LogP contribution in [-0.4, -0.2) is 148 Å². The van der Waals surface area contributed by atoms with Crippen molar-refractivity contribution in [2.45, 2.75) is 68.3 Å². The van der Waals surface area contributed by atoms with Gasteiger partial charge < -0.3 is 33.9 Å². The number of nitrogens with one attached hydrogen (secondary N) is 1. The molecule has 0 spiro atoms. The third-order valence-corrected chi connectivity index (χ3v) is 15.0. The molecular formula is C46H59N9O10S2. The molecule has 2 aliphatic heterocycles. The zero-order valence-corrected chi connectivity index (χ0v) is 40.3. The number of likely N-dealkylation sites (tertiary alicyclic amines) is 1. The summed E-state index contributed by atoms with van der Waals surface area (Å²) in [5, 5.41) is 23.3. The standard InChI is InChI=1S/C46H59N9O10S2/c1-46(2,3)65-45(57)53-22-21-36(32-53)49-66(58,59)41-20-19-40(52-25-23-51(24-26-52)27-28-56)42(44-47-50-55(48-44)31-35-11-17-39(64-6)18-12-35)43(41)67(60,61)54(29-33-7-13-37(62-4)14-8-33)30-34-9-15-38(63-5)16-10-34/h7-20,36,49,56H,21-32H2,1-6H3/t36-/m1/s1. The first-order chi connectivity index (χ1) is 32.0. The number of hydrogen-bond donors (Lipinski definition) is 2. The summed E-state index contributed by atoms with van der Waals surface area (Å²) in [6.07, 6.45) is -0.328. The van der Waals surface area contributed by atoms with Crippen molar-refractivity contribution in [3.05, 3.63) is 102 Å². The fraction of sp³-hybridized carbons (Fsp3) is 0.435. The number of methoxy groups -OCH3 is 3. The van der Waals surface area contributed by atoms with E-state index in [9.17, 15) is 9.90 Å². The van der Waals surface area contributed by atoms with E-state index in [1.54, 1.807) is 94.6 Å². The van der Waals surface area contributed by atoms with E-state index in [-0.39, 0.29) is 57.1 Å². The molecule has 0 bridgehead atoms. The van der Waals surface area contributed by atoms with Gasteiger partial charge >= 0.3 is 6.09 Å². The number of amides is 1. The molecule has 5 aromatic rings. The Balaban J connectivity index is 1.40. The summed E-state index contributed by atoms with van der Waals surface area (Å²) < 4.78 is 87.9. The number of benzene rings is 4. The van der Waals surface area contributed by atoms with Gasteiger partial charge in [0.15, 0.2) is 0 Å². The van der Waals surface area contributed by atoms with Crippen LogP contribution < -0.4 is 23.8 Å². The molecule has 19 nitrogen and oxygen atoms in total. The summed E-state index contributed by atoms with van der Waals surface area (Å²) in [6.45, 7) is 7.64. The quantitative estimate of drug-likeness (QED) is 0.126. The molecule has 21 heteroatoms. The van der Waals surface area contributed by atoms with Crippen LogP contribution in [0.1, 0.15) is 43.9 Å². The summed E-state index contributed by atoms with van der Waals surface area (Å²) in [4.78, 5) is 18.8. The lowest BCUT2D eigenvalue weighted by Gasteiger charge is -2.37. The fourth-order valence-corrected chi connectivity index (χ4v) is 11.7. The van der Waals surface area contributed by atoms with Crippen LogP contribution in [0.3, 0.4) is 0 Å². The van der Waals surface area contributed by atoms with E-state index < -0.39 is 47.6 Å². The molecule has 0 aliphatic carbocycles. The second kappa shape index (κ2) is 21.0. The predicted molar refractivity (Wildman–Crippen MR) is 250 cm³/mol. The molecule has 67 heavy (non-hydrogen) atoms. The van der Waals surface area contributed by atoms with Crippen LogP contribution in [0.5, 0.6) is 17.2 Å². The summed E-state index contributed by atoms with van der Waals surface area (Å²) in [5.41, 5.74) is 1.59. The maximum atomic E-state index is 16.1. The number of piperazine rings is 1. The fourth-order valence-electron chi connectivity index (χ4n) is 8.01. The highest BCUT2D eigenvalue weighted by molar-refractivity contribution is 7.92. The highest BCUT2D eigenvalue weighted by Crippen LogP contribution is 2.42. The van der Waals surface area contributed by atoms with Crippen LogP contribution in [0.25, 0.3) is 11.4 Å². The number of β-amino-alcohol motifs (C(OH)–C–C–N with tert-alkyl or cyclic N) is 1. The van der Waals surface area contributed by atoms with Crippen molar-refractivity contribution in [2.75, 3.05) is 78.6 Å². The van der Waals surface area contributed by atoms with Crippen molar-refractivity contribution < 1.29 is 45.7 Å². The molecule has 7 rings (SSSR count). The zero-order chi connectivity index (χ0) is 47.9. The molecule has 2 saturated heterocycles. The number of aliphatic hydroxyl groups excluding tert-OH is 1. The molecule has 1 atom stereocenters. The second-order valence-electron chi connectivity index (χ2n) is 17.3. The maximum absolute atomic E-state index is 16.1. The van der Waals surface area contributed by atoms with Gasteiger partial charge in [-0.1, -0.05) is 36.4 Å². The summed E-state index contributed by atoms with van der Waals surface area (Å²) >= 11 is 0. The van der Waals surface area contributed by atoms with Gasteiger partial charge in [0, 0.05) is 70.6 Å². The number of aromatic nitrogens is 4. The number of carbonyl (C=O) groups excluding carboxylic acids is 1. The lowest BCUT2D eigenvalue weighted by Crippen LogP contribution is -2.47. The number of sulfonamides is 2. The van der Waals surface area contributed by atoms with Crippen molar-refractivity contribution >= 4 is 31.8 Å². The van der Waals surface area contributed by atoms with Gasteiger partial charge in [0.05, 0.1) is 40.0 Å². The van der Waals surface area contributed by atoms with Crippen LogP contribution in [0.15, 0.2) is 94.7 Å². The molecule has 2 aliphatic rings. The topological polar surface area (TPSA) is 211 Å². The summed E-state index contributed by atoms with van der Waals surface area (Å²) in [5.74, 6) is 1.69. The molecule has 1 aromatic heterocycles. The number of ether oxygens (including phenoxy) is 4. The number of carbonyl (C=O) groups is 1. The highest BCUT2D eigenvalue weighted by Gasteiger charge is 2.40. The minimum atomic E-state index is -4.87. The van der Waals surface area contributed by atoms with Gasteiger partial charge in [-0.2, -0.15) is 9.10 Å². The number of nitrogens with zero attached hydrogens (tertiary/aromatic N) is 8. The molecule has 0 radical (unpaired) electrons. The number of anilines is 1. The van der Waals surface area contributed by atoms with E-state index in [1.165, 1.54) is 34.3 Å². The Kier molecular flexibility index (Phi) is 15.4. The molecule has 360 valence electrons. The maximum Gasteiger partial charge on any atom is 0.410 e. The zero-order valence-electron chi connectivity index (χ0n) is 38.7. The Morgan fingerprint density at radius 2 is 1.33 bits per heavy atom.